The molecule has 2 unspecified atom stereocenters. The van der Waals surface area contributed by atoms with Gasteiger partial charge in [0, 0.05) is 23.4 Å². The van der Waals surface area contributed by atoms with E-state index >= 15 is 0 Å². The fourth-order valence-electron chi connectivity index (χ4n) is 4.60. The predicted molar refractivity (Wildman–Crippen MR) is 130 cm³/mol. The van der Waals surface area contributed by atoms with E-state index in [9.17, 15) is 19.5 Å². The number of carboxylic acid groups (broad SMARTS) is 1. The maximum absolute atomic E-state index is 12.9. The lowest BCUT2D eigenvalue weighted by Gasteiger charge is -2.21. The number of aromatic nitrogens is 1. The van der Waals surface area contributed by atoms with Crippen LogP contribution in [0, 0.1) is 5.92 Å². The number of thiazole rings is 1. The van der Waals surface area contributed by atoms with Crippen molar-refractivity contribution in [2.75, 3.05) is 6.61 Å². The Balaban J connectivity index is 1.22. The van der Waals surface area contributed by atoms with Gasteiger partial charge in [0.15, 0.2) is 0 Å². The number of hydrogen-bond acceptors (Lipinski definition) is 6. The standard InChI is InChI=1S/C26H25N3O5S/c30-24(28-22(25(31)32)11-16-12-27-14-35-16)23(15-9-10-15)29-26(33)34-13-21-19-7-3-1-5-17(19)18-6-2-4-8-20(18)21/h1-8,12,14-15,21-23H,9-11,13H2,(H,28,30)(H,29,33)(H,31,32). The maximum Gasteiger partial charge on any atom is 0.407 e. The van der Waals surface area contributed by atoms with Crippen LogP contribution in [0.15, 0.2) is 60.2 Å². The summed E-state index contributed by atoms with van der Waals surface area (Å²) in [6, 6.07) is 14.2. The summed E-state index contributed by atoms with van der Waals surface area (Å²) in [5.41, 5.74) is 6.08. The van der Waals surface area contributed by atoms with Crippen LogP contribution in [0.2, 0.25) is 0 Å². The Morgan fingerprint density at radius 1 is 1.03 bits per heavy atom. The van der Waals surface area contributed by atoms with E-state index < -0.39 is 30.1 Å². The second-order valence-corrected chi connectivity index (χ2v) is 9.83. The number of hydrogen-bond donors (Lipinski definition) is 3. The number of amides is 2. The number of ether oxygens (including phenoxy) is 1. The van der Waals surface area contributed by atoms with Gasteiger partial charge < -0.3 is 20.5 Å². The lowest BCUT2D eigenvalue weighted by Crippen LogP contribution is -2.53. The predicted octanol–water partition coefficient (Wildman–Crippen LogP) is 3.57. The summed E-state index contributed by atoms with van der Waals surface area (Å²) in [7, 11) is 0. The van der Waals surface area contributed by atoms with Gasteiger partial charge in [0.25, 0.3) is 0 Å². The first-order valence-electron chi connectivity index (χ1n) is 11.5. The Kier molecular flexibility index (Phi) is 6.50. The van der Waals surface area contributed by atoms with E-state index in [-0.39, 0.29) is 24.9 Å². The van der Waals surface area contributed by atoms with Crippen LogP contribution in [0.3, 0.4) is 0 Å². The smallest absolute Gasteiger partial charge is 0.407 e. The van der Waals surface area contributed by atoms with Gasteiger partial charge in [0.2, 0.25) is 5.91 Å². The summed E-state index contributed by atoms with van der Waals surface area (Å²) in [4.78, 5) is 42.0. The lowest BCUT2D eigenvalue weighted by molar-refractivity contribution is -0.142. The largest absolute Gasteiger partial charge is 0.480 e. The van der Waals surface area contributed by atoms with E-state index in [0.29, 0.717) is 0 Å². The summed E-state index contributed by atoms with van der Waals surface area (Å²) in [5.74, 6) is -1.77. The van der Waals surface area contributed by atoms with Gasteiger partial charge in [-0.1, -0.05) is 48.5 Å². The van der Waals surface area contributed by atoms with Gasteiger partial charge in [0.1, 0.15) is 18.7 Å². The molecule has 0 radical (unpaired) electrons. The average molecular weight is 492 g/mol. The molecule has 0 aliphatic heterocycles. The van der Waals surface area contributed by atoms with Gasteiger partial charge >= 0.3 is 12.1 Å². The second kappa shape index (κ2) is 9.87. The number of nitrogens with one attached hydrogen (secondary N) is 2. The van der Waals surface area contributed by atoms with Crippen molar-refractivity contribution in [2.45, 2.75) is 37.3 Å². The first-order valence-corrected chi connectivity index (χ1v) is 12.4. The Bertz CT molecular complexity index is 1200. The second-order valence-electron chi connectivity index (χ2n) is 8.86. The number of benzene rings is 2. The van der Waals surface area contributed by atoms with Crippen molar-refractivity contribution in [1.29, 1.82) is 0 Å². The number of alkyl carbamates (subject to hydrolysis) is 1. The third-order valence-corrected chi connectivity index (χ3v) is 7.30. The van der Waals surface area contributed by atoms with Crippen molar-refractivity contribution < 1.29 is 24.2 Å². The first kappa shape index (κ1) is 23.0. The zero-order valence-corrected chi connectivity index (χ0v) is 19.7. The van der Waals surface area contributed by atoms with Gasteiger partial charge in [-0.3, -0.25) is 9.78 Å². The van der Waals surface area contributed by atoms with Gasteiger partial charge in [0.05, 0.1) is 5.51 Å². The molecule has 5 rings (SSSR count). The highest BCUT2D eigenvalue weighted by Gasteiger charge is 2.39. The highest BCUT2D eigenvalue weighted by molar-refractivity contribution is 7.09. The molecule has 0 bridgehead atoms. The third kappa shape index (κ3) is 5.05. The van der Waals surface area contributed by atoms with E-state index in [0.717, 1.165) is 40.0 Å². The zero-order chi connectivity index (χ0) is 24.4. The molecule has 0 saturated heterocycles. The molecule has 9 heteroatoms. The molecule has 0 spiro atoms. The van der Waals surface area contributed by atoms with Crippen LogP contribution >= 0.6 is 11.3 Å². The van der Waals surface area contributed by atoms with Crippen molar-refractivity contribution >= 4 is 29.3 Å². The SMILES string of the molecule is O=C(NC(C(=O)NC(Cc1cncs1)C(=O)O)C1CC1)OCC1c2ccccc2-c2ccccc21. The van der Waals surface area contributed by atoms with E-state index in [4.69, 9.17) is 4.74 Å². The van der Waals surface area contributed by atoms with Crippen LogP contribution in [-0.4, -0.2) is 46.8 Å². The molecule has 2 aromatic carbocycles. The summed E-state index contributed by atoms with van der Waals surface area (Å²) < 4.78 is 5.58. The summed E-state index contributed by atoms with van der Waals surface area (Å²) in [6.45, 7) is 0.141. The molecule has 2 atom stereocenters. The van der Waals surface area contributed by atoms with Crippen LogP contribution in [-0.2, 0) is 20.7 Å². The number of fused-ring (bicyclic) bond motifs is 3. The van der Waals surface area contributed by atoms with Crippen LogP contribution in [0.4, 0.5) is 4.79 Å². The van der Waals surface area contributed by atoms with Crippen LogP contribution in [0.1, 0.15) is 34.8 Å². The average Bonchev–Trinajstić information content (AvgIpc) is 3.47. The molecule has 3 N–H and O–H groups in total. The highest BCUT2D eigenvalue weighted by atomic mass is 32.1. The molecule has 1 aromatic heterocycles. The minimum absolute atomic E-state index is 0.0340. The van der Waals surface area contributed by atoms with E-state index in [1.807, 2.05) is 36.4 Å². The molecular weight excluding hydrogens is 466 g/mol. The maximum atomic E-state index is 12.9. The summed E-state index contributed by atoms with van der Waals surface area (Å²) in [6.07, 6.45) is 2.60. The molecule has 2 aliphatic rings. The number of carbonyl (C=O) groups is 3. The molecule has 35 heavy (non-hydrogen) atoms. The van der Waals surface area contributed by atoms with Crippen LogP contribution in [0.25, 0.3) is 11.1 Å². The van der Waals surface area contributed by atoms with Crippen LogP contribution < -0.4 is 10.6 Å². The Hall–Kier alpha value is -3.72. The zero-order valence-electron chi connectivity index (χ0n) is 18.8. The van der Waals surface area contributed by atoms with Crippen molar-refractivity contribution in [3.8, 4) is 11.1 Å². The normalized spacial score (nSPS) is 16.0. The minimum Gasteiger partial charge on any atom is -0.480 e. The molecule has 2 aliphatic carbocycles. The highest BCUT2D eigenvalue weighted by Crippen LogP contribution is 2.44. The number of carbonyl (C=O) groups excluding carboxylic acids is 2. The molecule has 2 amide bonds. The molecule has 1 saturated carbocycles. The van der Waals surface area contributed by atoms with Gasteiger partial charge in [-0.05, 0) is 41.0 Å². The van der Waals surface area contributed by atoms with Crippen molar-refractivity contribution in [1.82, 2.24) is 15.6 Å². The monoisotopic (exact) mass is 491 g/mol. The van der Waals surface area contributed by atoms with E-state index in [2.05, 4.69) is 27.8 Å². The van der Waals surface area contributed by atoms with Gasteiger partial charge in [-0.25, -0.2) is 9.59 Å². The van der Waals surface area contributed by atoms with Gasteiger partial charge in [-0.15, -0.1) is 11.3 Å². The lowest BCUT2D eigenvalue weighted by atomic mass is 9.98. The summed E-state index contributed by atoms with van der Waals surface area (Å²) in [5, 5.41) is 14.8. The number of nitrogens with zero attached hydrogens (tertiary/aromatic N) is 1. The minimum atomic E-state index is -1.14. The van der Waals surface area contributed by atoms with Crippen molar-refractivity contribution in [2.24, 2.45) is 5.92 Å². The van der Waals surface area contributed by atoms with E-state index in [1.54, 1.807) is 11.7 Å². The number of carboxylic acids is 1. The van der Waals surface area contributed by atoms with E-state index in [1.165, 1.54) is 11.3 Å². The Labute approximate surface area is 206 Å². The van der Waals surface area contributed by atoms with Crippen molar-refractivity contribution in [3.05, 3.63) is 76.2 Å². The number of rotatable bonds is 9. The topological polar surface area (TPSA) is 118 Å². The van der Waals surface area contributed by atoms with Crippen LogP contribution in [0.5, 0.6) is 0 Å². The Morgan fingerprint density at radius 2 is 1.69 bits per heavy atom. The molecule has 180 valence electrons. The number of aliphatic carboxylic acids is 1. The fourth-order valence-corrected chi connectivity index (χ4v) is 5.24. The molecule has 1 heterocycles. The molecule has 1 fully saturated rings. The fraction of sp³-hybridized carbons (Fsp3) is 0.308. The third-order valence-electron chi connectivity index (χ3n) is 6.50. The molecular formula is C26H25N3O5S. The summed E-state index contributed by atoms with van der Waals surface area (Å²) >= 11 is 1.33. The van der Waals surface area contributed by atoms with Crippen molar-refractivity contribution in [3.63, 3.8) is 0 Å². The Morgan fingerprint density at radius 3 is 2.26 bits per heavy atom. The first-order chi connectivity index (χ1) is 17.0. The quantitative estimate of drug-likeness (QED) is 0.421. The molecule has 8 nitrogen and oxygen atoms in total. The van der Waals surface area contributed by atoms with Gasteiger partial charge in [-0.2, -0.15) is 0 Å². The molecule has 3 aromatic rings.